The molecule has 1 aliphatic rings. The van der Waals surface area contributed by atoms with Gasteiger partial charge in [-0.15, -0.1) is 0 Å². The van der Waals surface area contributed by atoms with E-state index in [-0.39, 0.29) is 6.04 Å². The van der Waals surface area contributed by atoms with Crippen molar-refractivity contribution in [3.05, 3.63) is 23.3 Å². The van der Waals surface area contributed by atoms with E-state index in [4.69, 9.17) is 14.7 Å². The minimum Gasteiger partial charge on any atom is -0.493 e. The Morgan fingerprint density at radius 2 is 1.83 bits per heavy atom. The van der Waals surface area contributed by atoms with E-state index in [1.807, 2.05) is 19.1 Å². The highest BCUT2D eigenvalue weighted by molar-refractivity contribution is 5.48. The Labute approximate surface area is 108 Å². The highest BCUT2D eigenvalue weighted by atomic mass is 16.5. The Hall–Kier alpha value is -1.73. The molecule has 0 saturated heterocycles. The zero-order chi connectivity index (χ0) is 13.1. The van der Waals surface area contributed by atoms with Crippen LogP contribution in [-0.2, 0) is 13.0 Å². The summed E-state index contributed by atoms with van der Waals surface area (Å²) in [7, 11) is 3.29. The van der Waals surface area contributed by atoms with E-state index in [1.54, 1.807) is 14.2 Å². The summed E-state index contributed by atoms with van der Waals surface area (Å²) in [5.74, 6) is 1.53. The van der Waals surface area contributed by atoms with E-state index < -0.39 is 0 Å². The van der Waals surface area contributed by atoms with Gasteiger partial charge in [0.05, 0.1) is 26.3 Å². The second kappa shape index (κ2) is 5.28. The van der Waals surface area contributed by atoms with E-state index in [0.29, 0.717) is 0 Å². The average Bonchev–Trinajstić information content (AvgIpc) is 2.44. The van der Waals surface area contributed by atoms with Gasteiger partial charge in [-0.1, -0.05) is 0 Å². The predicted molar refractivity (Wildman–Crippen MR) is 68.7 cm³/mol. The van der Waals surface area contributed by atoms with Crippen molar-refractivity contribution in [1.82, 2.24) is 4.90 Å². The fourth-order valence-electron chi connectivity index (χ4n) is 2.32. The van der Waals surface area contributed by atoms with Gasteiger partial charge in [0, 0.05) is 13.1 Å². The number of fused-ring (bicyclic) bond motifs is 1. The molecule has 1 aliphatic heterocycles. The minimum atomic E-state index is -0.0498. The molecule has 0 aromatic heterocycles. The van der Waals surface area contributed by atoms with Gasteiger partial charge in [0.15, 0.2) is 11.5 Å². The zero-order valence-electron chi connectivity index (χ0n) is 11.1. The molecule has 0 amide bonds. The first kappa shape index (κ1) is 12.7. The van der Waals surface area contributed by atoms with Crippen molar-refractivity contribution in [3.8, 4) is 17.6 Å². The molecule has 1 atom stereocenters. The van der Waals surface area contributed by atoms with Crippen molar-refractivity contribution in [1.29, 1.82) is 5.26 Å². The molecule has 0 saturated carbocycles. The number of hydrogen-bond donors (Lipinski definition) is 0. The van der Waals surface area contributed by atoms with Gasteiger partial charge in [0.25, 0.3) is 0 Å². The molecular weight excluding hydrogens is 228 g/mol. The molecule has 1 aromatic carbocycles. The Bertz CT molecular complexity index is 479. The van der Waals surface area contributed by atoms with Crippen molar-refractivity contribution < 1.29 is 9.47 Å². The highest BCUT2D eigenvalue weighted by Crippen LogP contribution is 2.33. The third kappa shape index (κ3) is 2.27. The van der Waals surface area contributed by atoms with E-state index in [1.165, 1.54) is 11.1 Å². The van der Waals surface area contributed by atoms with Crippen LogP contribution in [-0.4, -0.2) is 31.7 Å². The van der Waals surface area contributed by atoms with Crippen LogP contribution in [0.25, 0.3) is 0 Å². The number of nitriles is 1. The van der Waals surface area contributed by atoms with Crippen LogP contribution in [0.1, 0.15) is 18.1 Å². The van der Waals surface area contributed by atoms with Gasteiger partial charge in [-0.2, -0.15) is 5.26 Å². The molecule has 1 aromatic rings. The molecule has 1 unspecified atom stereocenters. The summed E-state index contributed by atoms with van der Waals surface area (Å²) in [5.41, 5.74) is 2.51. The monoisotopic (exact) mass is 246 g/mol. The van der Waals surface area contributed by atoms with Gasteiger partial charge < -0.3 is 9.47 Å². The van der Waals surface area contributed by atoms with Crippen molar-refractivity contribution >= 4 is 0 Å². The van der Waals surface area contributed by atoms with E-state index in [0.717, 1.165) is 31.0 Å². The van der Waals surface area contributed by atoms with E-state index in [9.17, 15) is 0 Å². The van der Waals surface area contributed by atoms with Gasteiger partial charge in [-0.05, 0) is 36.6 Å². The van der Waals surface area contributed by atoms with Crippen LogP contribution in [0.5, 0.6) is 11.5 Å². The molecule has 0 aliphatic carbocycles. The van der Waals surface area contributed by atoms with Crippen molar-refractivity contribution in [2.45, 2.75) is 25.9 Å². The van der Waals surface area contributed by atoms with Crippen LogP contribution in [0.15, 0.2) is 12.1 Å². The van der Waals surface area contributed by atoms with Gasteiger partial charge in [0.1, 0.15) is 0 Å². The highest BCUT2D eigenvalue weighted by Gasteiger charge is 2.22. The van der Waals surface area contributed by atoms with Gasteiger partial charge in [-0.3, -0.25) is 4.90 Å². The SMILES string of the molecule is COc1cc2c(cc1OC)CN(C(C)C#N)CC2. The van der Waals surface area contributed by atoms with E-state index >= 15 is 0 Å². The summed E-state index contributed by atoms with van der Waals surface area (Å²) in [5, 5.41) is 8.98. The fraction of sp³-hybridized carbons (Fsp3) is 0.500. The Morgan fingerprint density at radius 3 is 2.39 bits per heavy atom. The molecule has 0 radical (unpaired) electrons. The molecule has 0 spiro atoms. The molecule has 0 fully saturated rings. The fourth-order valence-corrected chi connectivity index (χ4v) is 2.32. The van der Waals surface area contributed by atoms with Gasteiger partial charge in [0.2, 0.25) is 0 Å². The predicted octanol–water partition coefficient (Wildman–Crippen LogP) is 1.97. The smallest absolute Gasteiger partial charge is 0.161 e. The van der Waals surface area contributed by atoms with Crippen LogP contribution in [0.4, 0.5) is 0 Å². The summed E-state index contributed by atoms with van der Waals surface area (Å²) in [4.78, 5) is 2.17. The topological polar surface area (TPSA) is 45.5 Å². The Morgan fingerprint density at radius 1 is 1.22 bits per heavy atom. The second-order valence-electron chi connectivity index (χ2n) is 4.50. The lowest BCUT2D eigenvalue weighted by molar-refractivity contribution is 0.225. The molecule has 96 valence electrons. The van der Waals surface area contributed by atoms with Gasteiger partial charge >= 0.3 is 0 Å². The Kier molecular flexibility index (Phi) is 3.73. The molecular formula is C14H18N2O2. The van der Waals surface area contributed by atoms with Crippen molar-refractivity contribution in [2.75, 3.05) is 20.8 Å². The minimum absolute atomic E-state index is 0.0498. The lowest BCUT2D eigenvalue weighted by Crippen LogP contribution is -2.36. The molecule has 4 nitrogen and oxygen atoms in total. The number of methoxy groups -OCH3 is 2. The maximum atomic E-state index is 8.98. The zero-order valence-corrected chi connectivity index (χ0v) is 11.1. The number of hydrogen-bond acceptors (Lipinski definition) is 4. The molecule has 4 heteroatoms. The molecule has 0 bridgehead atoms. The maximum Gasteiger partial charge on any atom is 0.161 e. The van der Waals surface area contributed by atoms with Gasteiger partial charge in [-0.25, -0.2) is 0 Å². The number of benzene rings is 1. The molecule has 18 heavy (non-hydrogen) atoms. The van der Waals surface area contributed by atoms with Crippen LogP contribution < -0.4 is 9.47 Å². The van der Waals surface area contributed by atoms with Crippen molar-refractivity contribution in [2.24, 2.45) is 0 Å². The average molecular weight is 246 g/mol. The summed E-state index contributed by atoms with van der Waals surface area (Å²) < 4.78 is 10.6. The Balaban J connectivity index is 2.30. The number of ether oxygens (including phenoxy) is 2. The lowest BCUT2D eigenvalue weighted by Gasteiger charge is -2.31. The van der Waals surface area contributed by atoms with E-state index in [2.05, 4.69) is 11.0 Å². The first-order valence-corrected chi connectivity index (χ1v) is 6.07. The third-order valence-electron chi connectivity index (χ3n) is 3.48. The maximum absolute atomic E-state index is 8.98. The van der Waals surface area contributed by atoms with Crippen LogP contribution in [0.2, 0.25) is 0 Å². The quantitative estimate of drug-likeness (QED) is 0.818. The summed E-state index contributed by atoms with van der Waals surface area (Å²) in [6.07, 6.45) is 0.946. The van der Waals surface area contributed by atoms with Crippen LogP contribution in [0, 0.1) is 11.3 Å². The standard InChI is InChI=1S/C14H18N2O2/c1-10(8-15)16-5-4-11-6-13(17-2)14(18-3)7-12(11)9-16/h6-7,10H,4-5,9H2,1-3H3. The first-order chi connectivity index (χ1) is 8.69. The molecule has 2 rings (SSSR count). The first-order valence-electron chi connectivity index (χ1n) is 6.07. The van der Waals surface area contributed by atoms with Crippen LogP contribution >= 0.6 is 0 Å². The normalized spacial score (nSPS) is 16.6. The number of rotatable bonds is 3. The molecule has 1 heterocycles. The third-order valence-corrected chi connectivity index (χ3v) is 3.48. The summed E-state index contributed by atoms with van der Waals surface area (Å²) in [6, 6.07) is 6.30. The van der Waals surface area contributed by atoms with Crippen LogP contribution in [0.3, 0.4) is 0 Å². The van der Waals surface area contributed by atoms with Crippen molar-refractivity contribution in [3.63, 3.8) is 0 Å². The second-order valence-corrected chi connectivity index (χ2v) is 4.50. The largest absolute Gasteiger partial charge is 0.493 e. The number of nitrogens with zero attached hydrogens (tertiary/aromatic N) is 2. The molecule has 0 N–H and O–H groups in total. The summed E-state index contributed by atoms with van der Waals surface area (Å²) in [6.45, 7) is 3.65. The summed E-state index contributed by atoms with van der Waals surface area (Å²) >= 11 is 0. The lowest BCUT2D eigenvalue weighted by atomic mass is 9.98.